The van der Waals surface area contributed by atoms with Crippen LogP contribution in [-0.4, -0.2) is 58.6 Å². The van der Waals surface area contributed by atoms with Crippen molar-refractivity contribution in [1.82, 2.24) is 0 Å². The summed E-state index contributed by atoms with van der Waals surface area (Å²) in [5.41, 5.74) is 0. The monoisotopic (exact) mass is 266 g/mol. The molecular formula is C10H18O8. The first-order valence-corrected chi connectivity index (χ1v) is 5.16. The van der Waals surface area contributed by atoms with Crippen LogP contribution in [-0.2, 0) is 23.9 Å². The minimum atomic E-state index is -1.89. The van der Waals surface area contributed by atoms with Crippen LogP contribution < -0.4 is 0 Å². The van der Waals surface area contributed by atoms with Gasteiger partial charge in [-0.2, -0.15) is 0 Å². The molecule has 0 radical (unpaired) electrons. The molecule has 2 atom stereocenters. The van der Waals surface area contributed by atoms with Gasteiger partial charge < -0.3 is 24.8 Å². The van der Waals surface area contributed by atoms with E-state index in [1.807, 2.05) is 0 Å². The van der Waals surface area contributed by atoms with Crippen molar-refractivity contribution < 1.29 is 39.2 Å². The number of rotatable bonds is 5. The van der Waals surface area contributed by atoms with E-state index >= 15 is 0 Å². The van der Waals surface area contributed by atoms with E-state index in [-0.39, 0.29) is 13.2 Å². The van der Waals surface area contributed by atoms with Crippen molar-refractivity contribution in [2.75, 3.05) is 13.2 Å². The summed E-state index contributed by atoms with van der Waals surface area (Å²) < 4.78 is 8.79. The van der Waals surface area contributed by atoms with Crippen molar-refractivity contribution in [1.29, 1.82) is 0 Å². The zero-order valence-electron chi connectivity index (χ0n) is 10.5. The lowest BCUT2D eigenvalue weighted by Gasteiger charge is -2.14. The fraction of sp³-hybridized carbons (Fsp3) is 0.700. The normalized spacial score (nSPS) is 12.5. The van der Waals surface area contributed by atoms with E-state index in [1.54, 1.807) is 13.8 Å². The summed E-state index contributed by atoms with van der Waals surface area (Å²) in [6.07, 6.45) is -3.79. The molecular weight excluding hydrogens is 248 g/mol. The molecule has 0 saturated carbocycles. The van der Waals surface area contributed by atoms with Crippen molar-refractivity contribution >= 4 is 17.9 Å². The topological polar surface area (TPSA) is 130 Å². The summed E-state index contributed by atoms with van der Waals surface area (Å²) in [5, 5.41) is 25.6. The first-order valence-electron chi connectivity index (χ1n) is 5.16. The highest BCUT2D eigenvalue weighted by molar-refractivity contribution is 5.85. The molecule has 0 rings (SSSR count). The number of aliphatic hydroxyl groups is 2. The molecule has 8 nitrogen and oxygen atoms in total. The van der Waals surface area contributed by atoms with Crippen LogP contribution >= 0.6 is 0 Å². The van der Waals surface area contributed by atoms with Crippen molar-refractivity contribution in [3.05, 3.63) is 0 Å². The highest BCUT2D eigenvalue weighted by Gasteiger charge is 2.32. The maximum atomic E-state index is 10.9. The van der Waals surface area contributed by atoms with Crippen LogP contribution in [0.2, 0.25) is 0 Å². The Morgan fingerprint density at radius 3 is 1.33 bits per heavy atom. The van der Waals surface area contributed by atoms with Crippen LogP contribution in [0.3, 0.4) is 0 Å². The second-order valence-electron chi connectivity index (χ2n) is 2.91. The molecule has 8 heteroatoms. The van der Waals surface area contributed by atoms with Gasteiger partial charge >= 0.3 is 11.9 Å². The summed E-state index contributed by atoms with van der Waals surface area (Å²) in [4.78, 5) is 30.7. The Labute approximate surface area is 104 Å². The van der Waals surface area contributed by atoms with E-state index in [4.69, 9.17) is 20.1 Å². The Hall–Kier alpha value is -1.67. The Morgan fingerprint density at radius 1 is 0.944 bits per heavy atom. The lowest BCUT2D eigenvalue weighted by molar-refractivity contribution is -0.172. The van der Waals surface area contributed by atoms with E-state index in [0.29, 0.717) is 0 Å². The Bertz CT molecular complexity index is 249. The Morgan fingerprint density at radius 2 is 1.17 bits per heavy atom. The van der Waals surface area contributed by atoms with Gasteiger partial charge in [0.15, 0.2) is 12.2 Å². The van der Waals surface area contributed by atoms with Gasteiger partial charge in [0.2, 0.25) is 0 Å². The molecule has 0 aliphatic heterocycles. The maximum absolute atomic E-state index is 10.9. The van der Waals surface area contributed by atoms with Gasteiger partial charge in [-0.15, -0.1) is 0 Å². The predicted molar refractivity (Wildman–Crippen MR) is 58.6 cm³/mol. The predicted octanol–water partition coefficient (Wildman–Crippen LogP) is -1.07. The van der Waals surface area contributed by atoms with Gasteiger partial charge in [-0.3, -0.25) is 4.79 Å². The molecule has 18 heavy (non-hydrogen) atoms. The third-order valence-corrected chi connectivity index (χ3v) is 1.36. The number of aliphatic hydroxyl groups excluding tert-OH is 2. The molecule has 0 aromatic rings. The number of ether oxygens (including phenoxy) is 2. The third kappa shape index (κ3) is 9.55. The molecule has 0 bridgehead atoms. The quantitative estimate of drug-likeness (QED) is 0.536. The average Bonchev–Trinajstić information content (AvgIpc) is 2.27. The number of esters is 2. The largest absolute Gasteiger partial charge is 0.481 e. The fourth-order valence-corrected chi connectivity index (χ4v) is 0.713. The van der Waals surface area contributed by atoms with Gasteiger partial charge in [0.05, 0.1) is 13.2 Å². The van der Waals surface area contributed by atoms with Gasteiger partial charge in [0.1, 0.15) is 0 Å². The lowest BCUT2D eigenvalue weighted by Crippen LogP contribution is -2.41. The highest BCUT2D eigenvalue weighted by atomic mass is 16.6. The molecule has 0 aromatic carbocycles. The van der Waals surface area contributed by atoms with Crippen LogP contribution in [0, 0.1) is 0 Å². The second kappa shape index (κ2) is 10.5. The molecule has 0 saturated heterocycles. The van der Waals surface area contributed by atoms with Crippen molar-refractivity contribution in [3.63, 3.8) is 0 Å². The molecule has 0 spiro atoms. The molecule has 0 aliphatic rings. The molecule has 2 unspecified atom stereocenters. The molecule has 0 heterocycles. The number of aliphatic carboxylic acids is 1. The first-order chi connectivity index (χ1) is 8.27. The summed E-state index contributed by atoms with van der Waals surface area (Å²) in [7, 11) is 0. The van der Waals surface area contributed by atoms with Gasteiger partial charge in [0, 0.05) is 6.92 Å². The van der Waals surface area contributed by atoms with Crippen molar-refractivity contribution in [2.45, 2.75) is 33.0 Å². The third-order valence-electron chi connectivity index (χ3n) is 1.36. The summed E-state index contributed by atoms with van der Waals surface area (Å²) >= 11 is 0. The van der Waals surface area contributed by atoms with Crippen molar-refractivity contribution in [3.8, 4) is 0 Å². The Kier molecular flexibility index (Phi) is 10.9. The second-order valence-corrected chi connectivity index (χ2v) is 2.91. The summed E-state index contributed by atoms with van der Waals surface area (Å²) in [5.74, 6) is -2.93. The zero-order valence-corrected chi connectivity index (χ0v) is 10.5. The highest BCUT2D eigenvalue weighted by Crippen LogP contribution is 1.99. The number of carbonyl (C=O) groups excluding carboxylic acids is 2. The van der Waals surface area contributed by atoms with E-state index in [0.717, 1.165) is 6.92 Å². The van der Waals surface area contributed by atoms with Crippen LogP contribution in [0.25, 0.3) is 0 Å². The molecule has 106 valence electrons. The number of carboxylic acid groups (broad SMARTS) is 1. The van der Waals surface area contributed by atoms with E-state index < -0.39 is 30.1 Å². The SMILES string of the molecule is CC(=O)O.CCOC(=O)C(O)C(O)C(=O)OCC. The average molecular weight is 266 g/mol. The first kappa shape index (κ1) is 18.7. The van der Waals surface area contributed by atoms with Crippen LogP contribution in [0.1, 0.15) is 20.8 Å². The standard InChI is InChI=1S/C8H14O6.C2H4O2/c1-3-13-7(11)5(9)6(10)8(12)14-4-2;1-2(3)4/h5-6,9-10H,3-4H2,1-2H3;1H3,(H,3,4). The van der Waals surface area contributed by atoms with Gasteiger partial charge in [0.25, 0.3) is 5.97 Å². The number of hydrogen-bond acceptors (Lipinski definition) is 7. The van der Waals surface area contributed by atoms with E-state index in [2.05, 4.69) is 9.47 Å². The molecule has 0 aromatic heterocycles. The van der Waals surface area contributed by atoms with Crippen LogP contribution in [0.4, 0.5) is 0 Å². The van der Waals surface area contributed by atoms with Gasteiger partial charge in [-0.1, -0.05) is 0 Å². The van der Waals surface area contributed by atoms with E-state index in [9.17, 15) is 9.59 Å². The minimum absolute atomic E-state index is 0.0610. The molecule has 3 N–H and O–H groups in total. The zero-order chi connectivity index (χ0) is 14.7. The molecule has 0 fully saturated rings. The summed E-state index contributed by atoms with van der Waals surface area (Å²) in [6.45, 7) is 4.29. The van der Waals surface area contributed by atoms with Crippen LogP contribution in [0.15, 0.2) is 0 Å². The van der Waals surface area contributed by atoms with E-state index in [1.165, 1.54) is 0 Å². The smallest absolute Gasteiger partial charge is 0.338 e. The number of carboxylic acids is 1. The van der Waals surface area contributed by atoms with Gasteiger partial charge in [-0.05, 0) is 13.8 Å². The maximum Gasteiger partial charge on any atom is 0.338 e. The fourth-order valence-electron chi connectivity index (χ4n) is 0.713. The van der Waals surface area contributed by atoms with Crippen molar-refractivity contribution in [2.24, 2.45) is 0 Å². The Balaban J connectivity index is 0. The minimum Gasteiger partial charge on any atom is -0.481 e. The molecule has 0 aliphatic carbocycles. The van der Waals surface area contributed by atoms with Crippen LogP contribution in [0.5, 0.6) is 0 Å². The number of hydrogen-bond donors (Lipinski definition) is 3. The van der Waals surface area contributed by atoms with Gasteiger partial charge in [-0.25, -0.2) is 9.59 Å². The lowest BCUT2D eigenvalue weighted by atomic mass is 10.2. The molecule has 0 amide bonds. The number of carbonyl (C=O) groups is 3. The summed E-state index contributed by atoms with van der Waals surface area (Å²) in [6, 6.07) is 0.